The van der Waals surface area contributed by atoms with Gasteiger partial charge < -0.3 is 0 Å². The molecule has 0 fully saturated rings. The molecule has 0 spiro atoms. The summed E-state index contributed by atoms with van der Waals surface area (Å²) < 4.78 is 0. The molecule has 0 aromatic heterocycles. The SMILES string of the molecule is CC1=C(C)C(C)C(c2c(C)c(C)c(C)c(C)c2C)=C1C. The third-order valence-corrected chi connectivity index (χ3v) is 5.91. The van der Waals surface area contributed by atoms with Crippen LogP contribution in [0.4, 0.5) is 0 Å². The first-order valence-corrected chi connectivity index (χ1v) is 7.65. The van der Waals surface area contributed by atoms with Crippen LogP contribution < -0.4 is 0 Å². The van der Waals surface area contributed by atoms with E-state index in [0.717, 1.165) is 0 Å². The van der Waals surface area contributed by atoms with Crippen molar-refractivity contribution in [3.63, 3.8) is 0 Å². The van der Waals surface area contributed by atoms with Crippen molar-refractivity contribution >= 4 is 5.57 Å². The second kappa shape index (κ2) is 4.91. The van der Waals surface area contributed by atoms with Gasteiger partial charge in [0.2, 0.25) is 0 Å². The van der Waals surface area contributed by atoms with E-state index in [9.17, 15) is 0 Å². The van der Waals surface area contributed by atoms with Gasteiger partial charge in [-0.25, -0.2) is 0 Å². The van der Waals surface area contributed by atoms with E-state index >= 15 is 0 Å². The van der Waals surface area contributed by atoms with Crippen LogP contribution in [0, 0.1) is 40.5 Å². The minimum Gasteiger partial charge on any atom is -0.0629 e. The molecule has 0 bridgehead atoms. The summed E-state index contributed by atoms with van der Waals surface area (Å²) in [5.74, 6) is 0.550. The molecular weight excluding hydrogens is 240 g/mol. The van der Waals surface area contributed by atoms with Gasteiger partial charge >= 0.3 is 0 Å². The molecule has 2 rings (SSSR count). The van der Waals surface area contributed by atoms with Gasteiger partial charge in [0.15, 0.2) is 0 Å². The lowest BCUT2D eigenvalue weighted by molar-refractivity contribution is 0.890. The molecule has 0 saturated carbocycles. The Hall–Kier alpha value is -1.30. The third-order valence-electron chi connectivity index (χ3n) is 5.91. The van der Waals surface area contributed by atoms with Crippen molar-refractivity contribution in [2.24, 2.45) is 5.92 Å². The molecule has 0 nitrogen and oxygen atoms in total. The molecule has 1 aromatic rings. The fourth-order valence-electron chi connectivity index (χ4n) is 3.67. The largest absolute Gasteiger partial charge is 0.0629 e. The highest BCUT2D eigenvalue weighted by atomic mass is 14.3. The molecule has 0 heteroatoms. The zero-order valence-electron chi connectivity index (χ0n) is 14.6. The van der Waals surface area contributed by atoms with Gasteiger partial charge in [-0.1, -0.05) is 12.5 Å². The maximum Gasteiger partial charge on any atom is 0.00317 e. The first kappa shape index (κ1) is 15.1. The van der Waals surface area contributed by atoms with Gasteiger partial charge in [0.1, 0.15) is 0 Å². The zero-order valence-corrected chi connectivity index (χ0v) is 14.6. The van der Waals surface area contributed by atoms with E-state index in [4.69, 9.17) is 0 Å². The van der Waals surface area contributed by atoms with E-state index in [0.29, 0.717) is 5.92 Å². The molecule has 1 aliphatic rings. The van der Waals surface area contributed by atoms with Gasteiger partial charge in [-0.15, -0.1) is 0 Å². The van der Waals surface area contributed by atoms with Crippen LogP contribution in [0.5, 0.6) is 0 Å². The molecule has 0 radical (unpaired) electrons. The fraction of sp³-hybridized carbons (Fsp3) is 0.500. The predicted molar refractivity (Wildman–Crippen MR) is 90.3 cm³/mol. The summed E-state index contributed by atoms with van der Waals surface area (Å²) in [5, 5.41) is 0. The minimum absolute atomic E-state index is 0.550. The zero-order chi connectivity index (χ0) is 15.4. The van der Waals surface area contributed by atoms with Crippen molar-refractivity contribution < 1.29 is 0 Å². The second-order valence-electron chi connectivity index (χ2n) is 6.57. The predicted octanol–water partition coefficient (Wildman–Crippen LogP) is 5.99. The van der Waals surface area contributed by atoms with E-state index in [1.807, 2.05) is 0 Å². The summed E-state index contributed by atoms with van der Waals surface area (Å²) in [5.41, 5.74) is 14.9. The molecule has 1 aliphatic carbocycles. The first-order valence-electron chi connectivity index (χ1n) is 7.65. The van der Waals surface area contributed by atoms with Crippen molar-refractivity contribution in [2.45, 2.75) is 62.3 Å². The third kappa shape index (κ3) is 1.89. The molecular formula is C20H28. The first-order chi connectivity index (χ1) is 9.20. The summed E-state index contributed by atoms with van der Waals surface area (Å²) in [6, 6.07) is 0. The summed E-state index contributed by atoms with van der Waals surface area (Å²) in [4.78, 5) is 0. The van der Waals surface area contributed by atoms with E-state index in [-0.39, 0.29) is 0 Å². The lowest BCUT2D eigenvalue weighted by atomic mass is 9.81. The van der Waals surface area contributed by atoms with E-state index in [2.05, 4.69) is 62.3 Å². The van der Waals surface area contributed by atoms with Gasteiger partial charge in [0.05, 0.1) is 0 Å². The summed E-state index contributed by atoms with van der Waals surface area (Å²) in [6.45, 7) is 20.6. The van der Waals surface area contributed by atoms with Crippen molar-refractivity contribution in [2.75, 3.05) is 0 Å². The lowest BCUT2D eigenvalue weighted by Crippen LogP contribution is -2.06. The Morgan fingerprint density at radius 1 is 0.550 bits per heavy atom. The number of allylic oxidation sites excluding steroid dienone is 4. The van der Waals surface area contributed by atoms with Crippen molar-refractivity contribution in [3.8, 4) is 0 Å². The maximum atomic E-state index is 2.36. The Balaban J connectivity index is 2.80. The normalized spacial score (nSPS) is 19.4. The van der Waals surface area contributed by atoms with E-state index in [1.54, 1.807) is 5.57 Å². The van der Waals surface area contributed by atoms with Crippen molar-refractivity contribution in [1.29, 1.82) is 0 Å². The summed E-state index contributed by atoms with van der Waals surface area (Å²) in [7, 11) is 0. The van der Waals surface area contributed by atoms with Crippen LogP contribution in [-0.2, 0) is 0 Å². The average Bonchev–Trinajstić information content (AvgIpc) is 2.61. The molecule has 0 amide bonds. The maximum absolute atomic E-state index is 2.36. The molecule has 0 aliphatic heterocycles. The molecule has 108 valence electrons. The molecule has 0 heterocycles. The van der Waals surface area contributed by atoms with E-state index in [1.165, 1.54) is 50.1 Å². The van der Waals surface area contributed by atoms with Gasteiger partial charge in [-0.3, -0.25) is 0 Å². The Bertz CT molecular complexity index is 622. The van der Waals surface area contributed by atoms with Crippen molar-refractivity contribution in [3.05, 3.63) is 50.1 Å². The van der Waals surface area contributed by atoms with Gasteiger partial charge in [-0.05, 0) is 105 Å². The number of benzene rings is 1. The van der Waals surface area contributed by atoms with Crippen LogP contribution in [-0.4, -0.2) is 0 Å². The highest BCUT2D eigenvalue weighted by Crippen LogP contribution is 2.45. The summed E-state index contributed by atoms with van der Waals surface area (Å²) in [6.07, 6.45) is 0. The molecule has 1 aromatic carbocycles. The number of hydrogen-bond acceptors (Lipinski definition) is 0. The molecule has 1 unspecified atom stereocenters. The Morgan fingerprint density at radius 2 is 0.950 bits per heavy atom. The Labute approximate surface area is 124 Å². The van der Waals surface area contributed by atoms with Crippen LogP contribution in [0.15, 0.2) is 16.7 Å². The second-order valence-corrected chi connectivity index (χ2v) is 6.57. The van der Waals surface area contributed by atoms with Gasteiger partial charge in [0.25, 0.3) is 0 Å². The van der Waals surface area contributed by atoms with Gasteiger partial charge in [0, 0.05) is 5.92 Å². The average molecular weight is 268 g/mol. The quantitative estimate of drug-likeness (QED) is 0.587. The number of hydrogen-bond donors (Lipinski definition) is 0. The smallest absolute Gasteiger partial charge is 0.00317 e. The van der Waals surface area contributed by atoms with Crippen molar-refractivity contribution in [1.82, 2.24) is 0 Å². The standard InChI is InChI=1S/C20H28/c1-10-11(2)15(6)19(16(7)12(10)3)20-17(8)13(4)14(5)18(20)9/h17H,1-9H3. The molecule has 20 heavy (non-hydrogen) atoms. The number of rotatable bonds is 1. The topological polar surface area (TPSA) is 0 Å². The molecule has 0 saturated heterocycles. The van der Waals surface area contributed by atoms with Crippen LogP contribution >= 0.6 is 0 Å². The highest BCUT2D eigenvalue weighted by molar-refractivity contribution is 5.83. The Kier molecular flexibility index (Phi) is 3.71. The Morgan fingerprint density at radius 3 is 1.30 bits per heavy atom. The molecule has 1 atom stereocenters. The monoisotopic (exact) mass is 268 g/mol. The lowest BCUT2D eigenvalue weighted by Gasteiger charge is -2.23. The summed E-state index contributed by atoms with van der Waals surface area (Å²) >= 11 is 0. The minimum atomic E-state index is 0.550. The van der Waals surface area contributed by atoms with Gasteiger partial charge in [-0.2, -0.15) is 0 Å². The van der Waals surface area contributed by atoms with Crippen LogP contribution in [0.3, 0.4) is 0 Å². The van der Waals surface area contributed by atoms with E-state index < -0.39 is 0 Å². The van der Waals surface area contributed by atoms with Crippen LogP contribution in [0.2, 0.25) is 0 Å². The van der Waals surface area contributed by atoms with Crippen LogP contribution in [0.1, 0.15) is 61.1 Å². The fourth-order valence-corrected chi connectivity index (χ4v) is 3.67. The highest BCUT2D eigenvalue weighted by Gasteiger charge is 2.27. The molecule has 0 N–H and O–H groups in total. The van der Waals surface area contributed by atoms with Crippen LogP contribution in [0.25, 0.3) is 5.57 Å².